The van der Waals surface area contributed by atoms with Crippen molar-refractivity contribution >= 4 is 17.6 Å². The topological polar surface area (TPSA) is 92.4 Å². The number of hydrogen-bond donors (Lipinski definition) is 3. The zero-order chi connectivity index (χ0) is 14.5. The number of amides is 1. The third-order valence-electron chi connectivity index (χ3n) is 3.77. The van der Waals surface area contributed by atoms with Crippen LogP contribution in [0.4, 0.5) is 5.69 Å². The Morgan fingerprint density at radius 3 is 2.50 bits per heavy atom. The molecule has 20 heavy (non-hydrogen) atoms. The summed E-state index contributed by atoms with van der Waals surface area (Å²) in [7, 11) is 0. The first-order valence-corrected chi connectivity index (χ1v) is 6.93. The molecule has 0 saturated heterocycles. The van der Waals surface area contributed by atoms with Gasteiger partial charge in [-0.15, -0.1) is 0 Å². The van der Waals surface area contributed by atoms with E-state index in [0.717, 1.165) is 24.8 Å². The van der Waals surface area contributed by atoms with Crippen LogP contribution in [0.2, 0.25) is 0 Å². The summed E-state index contributed by atoms with van der Waals surface area (Å²) < 4.78 is 0. The van der Waals surface area contributed by atoms with Crippen molar-refractivity contribution in [3.8, 4) is 0 Å². The third kappa shape index (κ3) is 3.73. The molecule has 0 spiro atoms. The first kappa shape index (κ1) is 14.4. The summed E-state index contributed by atoms with van der Waals surface area (Å²) in [4.78, 5) is 23.2. The summed E-state index contributed by atoms with van der Waals surface area (Å²) in [5.74, 6) is -1.41. The van der Waals surface area contributed by atoms with Gasteiger partial charge < -0.3 is 16.2 Å². The molecule has 0 bridgehead atoms. The van der Waals surface area contributed by atoms with Gasteiger partial charge in [-0.2, -0.15) is 0 Å². The molecule has 1 aliphatic carbocycles. The fraction of sp³-hybridized carbons (Fsp3) is 0.467. The van der Waals surface area contributed by atoms with Crippen LogP contribution in [0.5, 0.6) is 0 Å². The molecule has 0 radical (unpaired) electrons. The largest absolute Gasteiger partial charge is 0.481 e. The fourth-order valence-electron chi connectivity index (χ4n) is 2.68. The second kappa shape index (κ2) is 6.41. The van der Waals surface area contributed by atoms with Crippen LogP contribution in [0.3, 0.4) is 0 Å². The molecule has 0 heterocycles. The van der Waals surface area contributed by atoms with E-state index in [2.05, 4.69) is 5.32 Å². The standard InChI is InChI=1S/C15H20N2O3/c16-11-7-5-10(6-8-11)9-14(18)17-13-4-2-1-3-12(13)15(19)20/h5-8,12-13H,1-4,9,16H2,(H,17,18)(H,19,20). The van der Waals surface area contributed by atoms with Crippen molar-refractivity contribution in [3.05, 3.63) is 29.8 Å². The number of carbonyl (C=O) groups excluding carboxylic acids is 1. The number of carbonyl (C=O) groups is 2. The van der Waals surface area contributed by atoms with Gasteiger partial charge in [-0.3, -0.25) is 9.59 Å². The smallest absolute Gasteiger partial charge is 0.308 e. The molecule has 2 unspecified atom stereocenters. The van der Waals surface area contributed by atoms with Crippen LogP contribution in [0.1, 0.15) is 31.2 Å². The number of aliphatic carboxylic acids is 1. The lowest BCUT2D eigenvalue weighted by Crippen LogP contribution is -2.45. The van der Waals surface area contributed by atoms with Crippen LogP contribution in [-0.2, 0) is 16.0 Å². The maximum atomic E-state index is 12.0. The van der Waals surface area contributed by atoms with Crippen molar-refractivity contribution in [3.63, 3.8) is 0 Å². The van der Waals surface area contributed by atoms with Gasteiger partial charge in [0.15, 0.2) is 0 Å². The number of nitrogens with one attached hydrogen (secondary N) is 1. The van der Waals surface area contributed by atoms with E-state index in [9.17, 15) is 14.7 Å². The van der Waals surface area contributed by atoms with Crippen molar-refractivity contribution in [2.75, 3.05) is 5.73 Å². The molecule has 0 aromatic heterocycles. The van der Waals surface area contributed by atoms with E-state index in [0.29, 0.717) is 12.1 Å². The van der Waals surface area contributed by atoms with E-state index in [1.807, 2.05) is 12.1 Å². The number of nitrogens with two attached hydrogens (primary N) is 1. The zero-order valence-corrected chi connectivity index (χ0v) is 11.3. The second-order valence-corrected chi connectivity index (χ2v) is 5.32. The molecule has 1 aromatic carbocycles. The monoisotopic (exact) mass is 276 g/mol. The highest BCUT2D eigenvalue weighted by Crippen LogP contribution is 2.24. The van der Waals surface area contributed by atoms with Crippen molar-refractivity contribution in [2.24, 2.45) is 5.92 Å². The highest BCUT2D eigenvalue weighted by atomic mass is 16.4. The lowest BCUT2D eigenvalue weighted by molar-refractivity contribution is -0.144. The zero-order valence-electron chi connectivity index (χ0n) is 11.3. The first-order valence-electron chi connectivity index (χ1n) is 6.93. The molecule has 1 aliphatic rings. The van der Waals surface area contributed by atoms with E-state index < -0.39 is 11.9 Å². The molecule has 4 N–H and O–H groups in total. The third-order valence-corrected chi connectivity index (χ3v) is 3.77. The molecule has 5 heteroatoms. The first-order chi connectivity index (χ1) is 9.56. The molecule has 5 nitrogen and oxygen atoms in total. The molecular weight excluding hydrogens is 256 g/mol. The van der Waals surface area contributed by atoms with Crippen LogP contribution in [0.15, 0.2) is 24.3 Å². The molecule has 1 amide bonds. The lowest BCUT2D eigenvalue weighted by Gasteiger charge is -2.29. The molecule has 0 aliphatic heterocycles. The van der Waals surface area contributed by atoms with Crippen molar-refractivity contribution in [1.82, 2.24) is 5.32 Å². The molecule has 2 rings (SSSR count). The van der Waals surface area contributed by atoms with E-state index in [1.54, 1.807) is 12.1 Å². The Morgan fingerprint density at radius 1 is 1.20 bits per heavy atom. The minimum absolute atomic E-state index is 0.132. The minimum Gasteiger partial charge on any atom is -0.481 e. The summed E-state index contributed by atoms with van der Waals surface area (Å²) in [6.07, 6.45) is 3.52. The maximum Gasteiger partial charge on any atom is 0.308 e. The summed E-state index contributed by atoms with van der Waals surface area (Å²) in [5.41, 5.74) is 7.13. The van der Waals surface area contributed by atoms with Gasteiger partial charge in [0.05, 0.1) is 12.3 Å². The number of rotatable bonds is 4. The van der Waals surface area contributed by atoms with Crippen LogP contribution in [0, 0.1) is 5.92 Å². The Balaban J connectivity index is 1.92. The van der Waals surface area contributed by atoms with Gasteiger partial charge >= 0.3 is 5.97 Å². The van der Waals surface area contributed by atoms with E-state index in [4.69, 9.17) is 5.73 Å². The number of anilines is 1. The Hall–Kier alpha value is -2.04. The minimum atomic E-state index is -0.817. The summed E-state index contributed by atoms with van der Waals surface area (Å²) in [6.45, 7) is 0. The SMILES string of the molecule is Nc1ccc(CC(=O)NC2CCCCC2C(=O)O)cc1. The lowest BCUT2D eigenvalue weighted by atomic mass is 9.84. The predicted molar refractivity (Wildman–Crippen MR) is 76.1 cm³/mol. The van der Waals surface area contributed by atoms with Gasteiger partial charge in [-0.25, -0.2) is 0 Å². The van der Waals surface area contributed by atoms with Crippen molar-refractivity contribution < 1.29 is 14.7 Å². The Labute approximate surface area is 118 Å². The number of carboxylic acid groups (broad SMARTS) is 1. The van der Waals surface area contributed by atoms with Crippen molar-refractivity contribution in [1.29, 1.82) is 0 Å². The highest BCUT2D eigenvalue weighted by Gasteiger charge is 2.31. The quantitative estimate of drug-likeness (QED) is 0.728. The van der Waals surface area contributed by atoms with Crippen LogP contribution in [0.25, 0.3) is 0 Å². The summed E-state index contributed by atoms with van der Waals surface area (Å²) >= 11 is 0. The number of hydrogen-bond acceptors (Lipinski definition) is 3. The second-order valence-electron chi connectivity index (χ2n) is 5.32. The number of nitrogen functional groups attached to an aromatic ring is 1. The van der Waals surface area contributed by atoms with E-state index in [1.165, 1.54) is 0 Å². The number of carboxylic acids is 1. The Kier molecular flexibility index (Phi) is 4.61. The van der Waals surface area contributed by atoms with Crippen LogP contribution >= 0.6 is 0 Å². The van der Waals surface area contributed by atoms with Gasteiger partial charge in [0.2, 0.25) is 5.91 Å². The highest BCUT2D eigenvalue weighted by molar-refractivity contribution is 5.80. The molecular formula is C15H20N2O3. The number of benzene rings is 1. The van der Waals surface area contributed by atoms with Gasteiger partial charge in [-0.05, 0) is 30.5 Å². The van der Waals surface area contributed by atoms with Gasteiger partial charge in [-0.1, -0.05) is 25.0 Å². The average Bonchev–Trinajstić information content (AvgIpc) is 2.41. The maximum absolute atomic E-state index is 12.0. The van der Waals surface area contributed by atoms with Crippen LogP contribution in [-0.4, -0.2) is 23.0 Å². The Bertz CT molecular complexity index is 484. The predicted octanol–water partition coefficient (Wildman–Crippen LogP) is 1.57. The Morgan fingerprint density at radius 2 is 1.85 bits per heavy atom. The molecule has 1 saturated carbocycles. The molecule has 1 fully saturated rings. The van der Waals surface area contributed by atoms with Crippen LogP contribution < -0.4 is 11.1 Å². The van der Waals surface area contributed by atoms with E-state index in [-0.39, 0.29) is 18.4 Å². The normalized spacial score (nSPS) is 22.2. The van der Waals surface area contributed by atoms with Crippen molar-refractivity contribution in [2.45, 2.75) is 38.1 Å². The van der Waals surface area contributed by atoms with Gasteiger partial charge in [0.25, 0.3) is 0 Å². The van der Waals surface area contributed by atoms with E-state index >= 15 is 0 Å². The average molecular weight is 276 g/mol. The molecule has 108 valence electrons. The molecule has 1 aromatic rings. The molecule has 2 atom stereocenters. The fourth-order valence-corrected chi connectivity index (χ4v) is 2.68. The van der Waals surface area contributed by atoms with Gasteiger partial charge in [0.1, 0.15) is 0 Å². The van der Waals surface area contributed by atoms with Gasteiger partial charge in [0, 0.05) is 11.7 Å². The summed E-state index contributed by atoms with van der Waals surface area (Å²) in [6, 6.07) is 6.88. The summed E-state index contributed by atoms with van der Waals surface area (Å²) in [5, 5.41) is 12.0.